The number of hydrogen-bond donors (Lipinski definition) is 2. The van der Waals surface area contributed by atoms with E-state index in [4.69, 9.17) is 0 Å². The minimum Gasteiger partial charge on any atom is -0.390 e. The van der Waals surface area contributed by atoms with E-state index < -0.39 is 12.2 Å². The Hall–Kier alpha value is 0.100. The predicted octanol–water partition coefficient (Wildman–Crippen LogP) is 2.94. The van der Waals surface area contributed by atoms with Crippen LogP contribution in [0.15, 0.2) is 22.7 Å². The zero-order valence-corrected chi connectivity index (χ0v) is 11.6. The molecule has 0 aliphatic rings. The Morgan fingerprint density at radius 3 is 2.60 bits per heavy atom. The van der Waals surface area contributed by atoms with Crippen molar-refractivity contribution in [1.29, 1.82) is 0 Å². The number of aliphatic hydroxyl groups is 2. The Bertz CT molecular complexity index is 328. The first-order valence-electron chi connectivity index (χ1n) is 4.74. The Balaban J connectivity index is 2.89. The van der Waals surface area contributed by atoms with Gasteiger partial charge in [0.15, 0.2) is 0 Å². The average Bonchev–Trinajstić information content (AvgIpc) is 2.21. The van der Waals surface area contributed by atoms with Crippen LogP contribution in [0.25, 0.3) is 0 Å². The highest BCUT2D eigenvalue weighted by atomic mass is 79.9. The fraction of sp³-hybridized carbons (Fsp3) is 0.455. The number of alkyl halides is 1. The Kier molecular flexibility index (Phi) is 5.26. The van der Waals surface area contributed by atoms with Crippen LogP contribution < -0.4 is 0 Å². The van der Waals surface area contributed by atoms with E-state index in [2.05, 4.69) is 31.9 Å². The second-order valence-electron chi connectivity index (χ2n) is 3.49. The number of aliphatic hydroxyl groups excluding tert-OH is 2. The van der Waals surface area contributed by atoms with Crippen molar-refractivity contribution in [2.24, 2.45) is 0 Å². The molecule has 1 aromatic rings. The summed E-state index contributed by atoms with van der Waals surface area (Å²) in [5, 5.41) is 20.3. The molecule has 0 fully saturated rings. The highest BCUT2D eigenvalue weighted by molar-refractivity contribution is 9.10. The second kappa shape index (κ2) is 5.99. The van der Waals surface area contributed by atoms with Crippen molar-refractivity contribution in [3.63, 3.8) is 0 Å². The molecule has 0 saturated heterocycles. The Labute approximate surface area is 107 Å². The van der Waals surface area contributed by atoms with Gasteiger partial charge in [0, 0.05) is 9.80 Å². The van der Waals surface area contributed by atoms with Gasteiger partial charge in [-0.2, -0.15) is 0 Å². The summed E-state index contributed by atoms with van der Waals surface area (Å²) in [4.78, 5) is 0. The van der Waals surface area contributed by atoms with Crippen molar-refractivity contribution in [2.45, 2.75) is 25.6 Å². The van der Waals surface area contributed by atoms with Gasteiger partial charge in [0.05, 0.1) is 6.10 Å². The maximum absolute atomic E-state index is 9.93. The van der Waals surface area contributed by atoms with Gasteiger partial charge in [-0.25, -0.2) is 0 Å². The topological polar surface area (TPSA) is 40.5 Å². The summed E-state index contributed by atoms with van der Waals surface area (Å²) >= 11 is 6.59. The molecule has 0 aliphatic carbocycles. The summed E-state index contributed by atoms with van der Waals surface area (Å²) in [6.07, 6.45) is -1.01. The SMILES string of the molecule is Cc1ccc(Br)cc1C(O)C(O)CCBr. The third-order valence-corrected chi connectivity index (χ3v) is 3.28. The standard InChI is InChI=1S/C11H14Br2O2/c1-7-2-3-8(13)6-9(7)11(15)10(14)4-5-12/h2-3,6,10-11,14-15H,4-5H2,1H3. The lowest BCUT2D eigenvalue weighted by Crippen LogP contribution is -2.19. The first kappa shape index (κ1) is 13.2. The molecule has 1 rings (SSSR count). The number of aryl methyl sites for hydroxylation is 1. The summed E-state index contributed by atoms with van der Waals surface area (Å²) in [5.74, 6) is 0. The quantitative estimate of drug-likeness (QED) is 0.829. The van der Waals surface area contributed by atoms with Gasteiger partial charge in [-0.1, -0.05) is 37.9 Å². The molecule has 4 heteroatoms. The van der Waals surface area contributed by atoms with Gasteiger partial charge in [-0.3, -0.25) is 0 Å². The number of rotatable bonds is 4. The Morgan fingerprint density at radius 1 is 1.33 bits per heavy atom. The number of benzene rings is 1. The molecule has 0 spiro atoms. The van der Waals surface area contributed by atoms with Crippen molar-refractivity contribution in [1.82, 2.24) is 0 Å². The van der Waals surface area contributed by atoms with Crippen LogP contribution in [-0.2, 0) is 0 Å². The lowest BCUT2D eigenvalue weighted by atomic mass is 9.98. The lowest BCUT2D eigenvalue weighted by molar-refractivity contribution is 0.0169. The van der Waals surface area contributed by atoms with E-state index in [0.717, 1.165) is 15.6 Å². The average molecular weight is 338 g/mol. The normalized spacial score (nSPS) is 15.0. The molecule has 2 unspecified atom stereocenters. The fourth-order valence-electron chi connectivity index (χ4n) is 1.41. The monoisotopic (exact) mass is 336 g/mol. The van der Waals surface area contributed by atoms with Crippen LogP contribution in [0, 0.1) is 6.92 Å². The van der Waals surface area contributed by atoms with E-state index in [0.29, 0.717) is 11.8 Å². The van der Waals surface area contributed by atoms with Crippen molar-refractivity contribution >= 4 is 31.9 Å². The van der Waals surface area contributed by atoms with Gasteiger partial charge in [0.2, 0.25) is 0 Å². The van der Waals surface area contributed by atoms with Crippen LogP contribution >= 0.6 is 31.9 Å². The molecule has 0 saturated carbocycles. The van der Waals surface area contributed by atoms with Crippen LogP contribution in [0.2, 0.25) is 0 Å². The van der Waals surface area contributed by atoms with Gasteiger partial charge >= 0.3 is 0 Å². The van der Waals surface area contributed by atoms with Gasteiger partial charge in [0.1, 0.15) is 6.10 Å². The Morgan fingerprint density at radius 2 is 2.00 bits per heavy atom. The van der Waals surface area contributed by atoms with Crippen molar-refractivity contribution in [2.75, 3.05) is 5.33 Å². The van der Waals surface area contributed by atoms with E-state index in [1.54, 1.807) is 0 Å². The molecule has 0 aliphatic heterocycles. The summed E-state index contributed by atoms with van der Waals surface area (Å²) in [6.45, 7) is 1.92. The summed E-state index contributed by atoms with van der Waals surface area (Å²) in [6, 6.07) is 5.68. The third-order valence-electron chi connectivity index (χ3n) is 2.33. The number of hydrogen-bond acceptors (Lipinski definition) is 2. The van der Waals surface area contributed by atoms with E-state index >= 15 is 0 Å². The van der Waals surface area contributed by atoms with Crippen LogP contribution in [-0.4, -0.2) is 21.6 Å². The van der Waals surface area contributed by atoms with Gasteiger partial charge in [-0.15, -0.1) is 0 Å². The first-order chi connectivity index (χ1) is 7.06. The van der Waals surface area contributed by atoms with Crippen molar-refractivity contribution < 1.29 is 10.2 Å². The zero-order valence-electron chi connectivity index (χ0n) is 8.45. The largest absolute Gasteiger partial charge is 0.390 e. The molecule has 0 heterocycles. The van der Waals surface area contributed by atoms with Gasteiger partial charge < -0.3 is 10.2 Å². The highest BCUT2D eigenvalue weighted by Gasteiger charge is 2.19. The zero-order chi connectivity index (χ0) is 11.4. The van der Waals surface area contributed by atoms with Crippen LogP contribution in [0.3, 0.4) is 0 Å². The minimum atomic E-state index is -0.819. The third kappa shape index (κ3) is 3.55. The lowest BCUT2D eigenvalue weighted by Gasteiger charge is -2.19. The predicted molar refractivity (Wildman–Crippen MR) is 68.3 cm³/mol. The van der Waals surface area contributed by atoms with Gasteiger partial charge in [-0.05, 0) is 36.6 Å². The fourth-order valence-corrected chi connectivity index (χ4v) is 2.25. The van der Waals surface area contributed by atoms with Crippen LogP contribution in [0.4, 0.5) is 0 Å². The molecule has 2 N–H and O–H groups in total. The summed E-state index contributed by atoms with van der Waals surface area (Å²) in [7, 11) is 0. The number of halogens is 2. The molecule has 2 nitrogen and oxygen atoms in total. The maximum Gasteiger partial charge on any atom is 0.105 e. The summed E-state index contributed by atoms with van der Waals surface area (Å²) in [5.41, 5.74) is 1.76. The summed E-state index contributed by atoms with van der Waals surface area (Å²) < 4.78 is 0.910. The van der Waals surface area contributed by atoms with E-state index in [-0.39, 0.29) is 0 Å². The van der Waals surface area contributed by atoms with Crippen LogP contribution in [0.5, 0.6) is 0 Å². The van der Waals surface area contributed by atoms with Crippen molar-refractivity contribution in [3.05, 3.63) is 33.8 Å². The highest BCUT2D eigenvalue weighted by Crippen LogP contribution is 2.25. The van der Waals surface area contributed by atoms with Gasteiger partial charge in [0.25, 0.3) is 0 Å². The molecule has 0 amide bonds. The second-order valence-corrected chi connectivity index (χ2v) is 5.20. The molecule has 84 valence electrons. The van der Waals surface area contributed by atoms with E-state index in [9.17, 15) is 10.2 Å². The minimum absolute atomic E-state index is 0.535. The maximum atomic E-state index is 9.93. The molecule has 0 radical (unpaired) electrons. The smallest absolute Gasteiger partial charge is 0.105 e. The molecule has 2 atom stereocenters. The van der Waals surface area contributed by atoms with E-state index in [1.807, 2.05) is 25.1 Å². The molecule has 0 bridgehead atoms. The van der Waals surface area contributed by atoms with Crippen molar-refractivity contribution in [3.8, 4) is 0 Å². The first-order valence-corrected chi connectivity index (χ1v) is 6.66. The van der Waals surface area contributed by atoms with Crippen LogP contribution in [0.1, 0.15) is 23.7 Å². The molecular weight excluding hydrogens is 324 g/mol. The molecule has 1 aromatic carbocycles. The van der Waals surface area contributed by atoms with E-state index in [1.165, 1.54) is 0 Å². The molecule has 15 heavy (non-hydrogen) atoms. The molecular formula is C11H14Br2O2. The molecule has 0 aromatic heterocycles.